The topological polar surface area (TPSA) is 33.1 Å². The zero-order valence-electron chi connectivity index (χ0n) is 10.3. The Kier molecular flexibility index (Phi) is 4.77. The third-order valence-corrected chi connectivity index (χ3v) is 6.54. The average molecular weight is 269 g/mol. The van der Waals surface area contributed by atoms with Gasteiger partial charge >= 0.3 is 0 Å². The Balaban J connectivity index is 2.18. The van der Waals surface area contributed by atoms with Crippen LogP contribution < -0.4 is 0 Å². The van der Waals surface area contributed by atoms with Crippen LogP contribution in [0.25, 0.3) is 0 Å². The van der Waals surface area contributed by atoms with Crippen molar-refractivity contribution in [2.45, 2.75) is 36.9 Å². The largest absolute Gasteiger partial charge is 0.387 e. The third-order valence-electron chi connectivity index (χ3n) is 3.20. The molecule has 1 saturated heterocycles. The van der Waals surface area contributed by atoms with Gasteiger partial charge < -0.3 is 5.11 Å². The summed E-state index contributed by atoms with van der Waals surface area (Å²) in [6, 6.07) is 1.97. The van der Waals surface area contributed by atoms with Crippen molar-refractivity contribution in [3.8, 4) is 0 Å². The molecule has 3 atom stereocenters. The molecule has 0 spiro atoms. The molecule has 1 fully saturated rings. The maximum absolute atomic E-state index is 10.6. The first-order chi connectivity index (χ1) is 8.24. The van der Waals surface area contributed by atoms with E-state index in [9.17, 15) is 5.11 Å². The molecule has 1 N–H and O–H groups in total. The van der Waals surface area contributed by atoms with Crippen molar-refractivity contribution in [3.63, 3.8) is 0 Å². The van der Waals surface area contributed by atoms with Gasteiger partial charge in [0.15, 0.2) is 0 Å². The van der Waals surface area contributed by atoms with E-state index in [2.05, 4.69) is 11.9 Å². The lowest BCUT2D eigenvalue weighted by Crippen LogP contribution is -2.31. The third kappa shape index (κ3) is 2.98. The summed E-state index contributed by atoms with van der Waals surface area (Å²) in [4.78, 5) is 4.14. The summed E-state index contributed by atoms with van der Waals surface area (Å²) >= 11 is 3.91. The van der Waals surface area contributed by atoms with Crippen molar-refractivity contribution in [3.05, 3.63) is 29.6 Å². The van der Waals surface area contributed by atoms with Crippen LogP contribution in [0.5, 0.6) is 0 Å². The number of aromatic nitrogens is 1. The van der Waals surface area contributed by atoms with E-state index in [0.717, 1.165) is 23.3 Å². The maximum atomic E-state index is 10.6. The van der Waals surface area contributed by atoms with E-state index in [4.69, 9.17) is 0 Å². The molecular formula is C13H19NOS2. The monoisotopic (exact) mass is 269 g/mol. The Morgan fingerprint density at radius 1 is 1.47 bits per heavy atom. The van der Waals surface area contributed by atoms with Gasteiger partial charge in [-0.15, -0.1) is 0 Å². The first kappa shape index (κ1) is 13.2. The molecule has 1 aliphatic heterocycles. The van der Waals surface area contributed by atoms with Crippen molar-refractivity contribution >= 4 is 23.5 Å². The fourth-order valence-electron chi connectivity index (χ4n) is 2.19. The molecule has 94 valence electrons. The van der Waals surface area contributed by atoms with Gasteiger partial charge in [-0.1, -0.05) is 6.92 Å². The van der Waals surface area contributed by atoms with Gasteiger partial charge in [0.05, 0.1) is 6.10 Å². The number of aliphatic hydroxyl groups excluding tert-OH is 1. The molecule has 0 bridgehead atoms. The van der Waals surface area contributed by atoms with Gasteiger partial charge in [0, 0.05) is 40.0 Å². The number of aliphatic hydroxyl groups is 1. The Hall–Kier alpha value is -0.190. The highest BCUT2D eigenvalue weighted by atomic mass is 32.2. The molecule has 0 aromatic carbocycles. The summed E-state index contributed by atoms with van der Waals surface area (Å²) in [7, 11) is 0. The van der Waals surface area contributed by atoms with Crippen molar-refractivity contribution in [2.24, 2.45) is 0 Å². The minimum Gasteiger partial charge on any atom is -0.387 e. The highest BCUT2D eigenvalue weighted by Gasteiger charge is 2.32. The lowest BCUT2D eigenvalue weighted by molar-refractivity contribution is 0.171. The second-order valence-corrected chi connectivity index (χ2v) is 6.96. The lowest BCUT2D eigenvalue weighted by Gasteiger charge is -2.33. The Morgan fingerprint density at radius 2 is 2.24 bits per heavy atom. The normalized spacial score (nSPS) is 26.8. The minimum absolute atomic E-state index is 0.307. The smallest absolute Gasteiger partial charge is 0.0936 e. The van der Waals surface area contributed by atoms with Crippen LogP contribution in [-0.4, -0.2) is 32.1 Å². The lowest BCUT2D eigenvalue weighted by atomic mass is 10.0. The molecule has 1 aromatic rings. The Labute approximate surface area is 112 Å². The number of hydrogen-bond acceptors (Lipinski definition) is 4. The van der Waals surface area contributed by atoms with Gasteiger partial charge in [-0.3, -0.25) is 4.98 Å². The molecule has 0 radical (unpaired) electrons. The second-order valence-electron chi connectivity index (χ2n) is 4.33. The fraction of sp³-hybridized carbons (Fsp3) is 0.615. The minimum atomic E-state index is -0.383. The van der Waals surface area contributed by atoms with E-state index in [-0.39, 0.29) is 6.10 Å². The van der Waals surface area contributed by atoms with Crippen LogP contribution in [0.1, 0.15) is 30.6 Å². The van der Waals surface area contributed by atoms with E-state index >= 15 is 0 Å². The number of nitrogens with zero attached hydrogens (tertiary/aromatic N) is 1. The van der Waals surface area contributed by atoms with Crippen LogP contribution in [0.3, 0.4) is 0 Å². The number of hydrogen-bond donors (Lipinski definition) is 1. The molecule has 2 heterocycles. The summed E-state index contributed by atoms with van der Waals surface area (Å²) in [5.74, 6) is 2.35. The highest BCUT2D eigenvalue weighted by Crippen LogP contribution is 2.40. The van der Waals surface area contributed by atoms with Gasteiger partial charge in [-0.25, -0.2) is 0 Å². The van der Waals surface area contributed by atoms with Gasteiger partial charge in [0.2, 0.25) is 0 Å². The Morgan fingerprint density at radius 3 is 2.94 bits per heavy atom. The highest BCUT2D eigenvalue weighted by molar-refractivity contribution is 8.07. The Bertz CT molecular complexity index is 372. The summed E-state index contributed by atoms with van der Waals surface area (Å²) in [5, 5.41) is 11.4. The molecule has 0 amide bonds. The van der Waals surface area contributed by atoms with Crippen LogP contribution >= 0.6 is 23.5 Å². The molecule has 0 aliphatic carbocycles. The average Bonchev–Trinajstić information content (AvgIpc) is 2.38. The molecule has 4 heteroatoms. The molecular weight excluding hydrogens is 250 g/mol. The summed E-state index contributed by atoms with van der Waals surface area (Å²) in [6.45, 7) is 4.25. The van der Waals surface area contributed by atoms with E-state index in [1.54, 1.807) is 6.20 Å². The molecule has 3 unspecified atom stereocenters. The van der Waals surface area contributed by atoms with Crippen molar-refractivity contribution in [1.29, 1.82) is 0 Å². The molecule has 2 rings (SSSR count). The van der Waals surface area contributed by atoms with Crippen molar-refractivity contribution in [1.82, 2.24) is 4.98 Å². The van der Waals surface area contributed by atoms with Crippen molar-refractivity contribution < 1.29 is 5.11 Å². The number of rotatable bonds is 3. The molecule has 17 heavy (non-hydrogen) atoms. The van der Waals surface area contributed by atoms with E-state index < -0.39 is 0 Å². The standard InChI is InChI=1S/C13H19NOS2/c1-3-11-13(17-7-6-16-11)12(15)10-8-14-5-4-9(10)2/h4-5,8,11-13,15H,3,6-7H2,1-2H3. The van der Waals surface area contributed by atoms with E-state index in [1.165, 1.54) is 5.75 Å². The number of aryl methyl sites for hydroxylation is 1. The summed E-state index contributed by atoms with van der Waals surface area (Å²) < 4.78 is 0. The van der Waals surface area contributed by atoms with E-state index in [1.807, 2.05) is 42.7 Å². The molecule has 0 saturated carbocycles. The van der Waals surface area contributed by atoms with Crippen LogP contribution in [-0.2, 0) is 0 Å². The zero-order valence-corrected chi connectivity index (χ0v) is 11.9. The van der Waals surface area contributed by atoms with Gasteiger partial charge in [-0.2, -0.15) is 23.5 Å². The maximum Gasteiger partial charge on any atom is 0.0936 e. The molecule has 2 nitrogen and oxygen atoms in total. The van der Waals surface area contributed by atoms with Gasteiger partial charge in [0.1, 0.15) is 0 Å². The van der Waals surface area contributed by atoms with Crippen LogP contribution in [0.2, 0.25) is 0 Å². The van der Waals surface area contributed by atoms with E-state index in [0.29, 0.717) is 10.5 Å². The number of pyridine rings is 1. The van der Waals surface area contributed by atoms with Crippen molar-refractivity contribution in [2.75, 3.05) is 11.5 Å². The predicted molar refractivity (Wildman–Crippen MR) is 76.7 cm³/mol. The van der Waals surface area contributed by atoms with Crippen LogP contribution in [0, 0.1) is 6.92 Å². The second kappa shape index (κ2) is 6.12. The van der Waals surface area contributed by atoms with Gasteiger partial charge in [-0.05, 0) is 25.0 Å². The fourth-order valence-corrected chi connectivity index (χ4v) is 5.32. The predicted octanol–water partition coefficient (Wildman–Crippen LogP) is 3.05. The zero-order chi connectivity index (χ0) is 12.3. The van der Waals surface area contributed by atoms with Crippen LogP contribution in [0.4, 0.5) is 0 Å². The van der Waals surface area contributed by atoms with Crippen LogP contribution in [0.15, 0.2) is 18.5 Å². The molecule has 1 aromatic heterocycles. The SMILES string of the molecule is CCC1SCCSC1C(O)c1cnccc1C. The van der Waals surface area contributed by atoms with Gasteiger partial charge in [0.25, 0.3) is 0 Å². The quantitative estimate of drug-likeness (QED) is 0.914. The first-order valence-corrected chi connectivity index (χ1v) is 8.15. The number of thioether (sulfide) groups is 2. The summed E-state index contributed by atoms with van der Waals surface area (Å²) in [5.41, 5.74) is 2.13. The first-order valence-electron chi connectivity index (χ1n) is 6.05. The molecule has 1 aliphatic rings. The summed E-state index contributed by atoms with van der Waals surface area (Å²) in [6.07, 6.45) is 4.34.